The molecule has 64 valence electrons. The van der Waals surface area contributed by atoms with Crippen LogP contribution in [0.1, 0.15) is 5.56 Å². The van der Waals surface area contributed by atoms with Crippen molar-refractivity contribution in [3.8, 4) is 0 Å². The number of nitrogens with one attached hydrogen (secondary N) is 1. The van der Waals surface area contributed by atoms with Crippen LogP contribution in [-0.4, -0.2) is 12.3 Å². The summed E-state index contributed by atoms with van der Waals surface area (Å²) in [6.07, 6.45) is 0. The topological polar surface area (TPSA) is 12.0 Å². The maximum Gasteiger partial charge on any atom is 0.0216 e. The Hall–Kier alpha value is 0.01000. The van der Waals surface area contributed by atoms with Crippen LogP contribution in [0, 0.1) is 0 Å². The van der Waals surface area contributed by atoms with Crippen molar-refractivity contribution in [1.82, 2.24) is 5.32 Å². The second kappa shape index (κ2) is 3.81. The first-order chi connectivity index (χ1) is 5.86. The van der Waals surface area contributed by atoms with Crippen molar-refractivity contribution < 1.29 is 0 Å². The second-order valence-corrected chi connectivity index (χ2v) is 4.83. The molecule has 1 aliphatic heterocycles. The molecule has 12 heavy (non-hydrogen) atoms. The average molecular weight is 244 g/mol. The number of thioether (sulfide) groups is 1. The molecular weight excluding hydrogens is 234 g/mol. The zero-order valence-electron chi connectivity index (χ0n) is 6.64. The molecule has 0 aliphatic carbocycles. The smallest absolute Gasteiger partial charge is 0.0216 e. The number of hydrogen-bond acceptors (Lipinski definition) is 2. The highest BCUT2D eigenvalue weighted by atomic mass is 79.9. The Morgan fingerprint density at radius 2 is 2.33 bits per heavy atom. The van der Waals surface area contributed by atoms with Crippen LogP contribution in [0.25, 0.3) is 0 Å². The highest BCUT2D eigenvalue weighted by Crippen LogP contribution is 2.27. The van der Waals surface area contributed by atoms with E-state index in [-0.39, 0.29) is 0 Å². The van der Waals surface area contributed by atoms with E-state index < -0.39 is 0 Å². The fourth-order valence-corrected chi connectivity index (χ4v) is 2.78. The number of rotatable bonds is 0. The number of hydrogen-bond donors (Lipinski definition) is 1. The average Bonchev–Trinajstić information content (AvgIpc) is 2.28. The molecule has 1 aromatic carbocycles. The summed E-state index contributed by atoms with van der Waals surface area (Å²) in [7, 11) is 0. The molecule has 0 saturated carbocycles. The van der Waals surface area contributed by atoms with Crippen molar-refractivity contribution in [3.05, 3.63) is 28.2 Å². The van der Waals surface area contributed by atoms with E-state index >= 15 is 0 Å². The lowest BCUT2D eigenvalue weighted by molar-refractivity contribution is 0.732. The summed E-state index contributed by atoms with van der Waals surface area (Å²) in [5.41, 5.74) is 1.42. The molecule has 3 heteroatoms. The first kappa shape index (κ1) is 8.60. The molecule has 1 aromatic rings. The Bertz CT molecular complexity index is 288. The molecule has 0 fully saturated rings. The summed E-state index contributed by atoms with van der Waals surface area (Å²) in [6.45, 7) is 2.12. The highest BCUT2D eigenvalue weighted by Gasteiger charge is 2.06. The quantitative estimate of drug-likeness (QED) is 0.753. The van der Waals surface area contributed by atoms with Gasteiger partial charge in [-0.15, -0.1) is 11.8 Å². The van der Waals surface area contributed by atoms with E-state index in [1.807, 2.05) is 11.8 Å². The van der Waals surface area contributed by atoms with Crippen molar-refractivity contribution in [2.24, 2.45) is 0 Å². The Morgan fingerprint density at radius 3 is 3.25 bits per heavy atom. The molecule has 0 amide bonds. The molecule has 0 aromatic heterocycles. The van der Waals surface area contributed by atoms with Gasteiger partial charge in [0.05, 0.1) is 0 Å². The molecule has 0 atom stereocenters. The van der Waals surface area contributed by atoms with Gasteiger partial charge in [-0.3, -0.25) is 0 Å². The summed E-state index contributed by atoms with van der Waals surface area (Å²) in [5.74, 6) is 1.17. The van der Waals surface area contributed by atoms with Crippen LogP contribution in [0.3, 0.4) is 0 Å². The maximum absolute atomic E-state index is 3.48. The number of halogens is 1. The lowest BCUT2D eigenvalue weighted by Gasteiger charge is -2.03. The lowest BCUT2D eigenvalue weighted by atomic mass is 10.2. The van der Waals surface area contributed by atoms with Crippen LogP contribution < -0.4 is 5.32 Å². The summed E-state index contributed by atoms with van der Waals surface area (Å²) < 4.78 is 1.18. The van der Waals surface area contributed by atoms with Gasteiger partial charge in [0.25, 0.3) is 0 Å². The van der Waals surface area contributed by atoms with E-state index in [0.717, 1.165) is 13.1 Å². The van der Waals surface area contributed by atoms with Gasteiger partial charge in [-0.25, -0.2) is 0 Å². The molecule has 0 unspecified atom stereocenters. The molecule has 0 bridgehead atoms. The maximum atomic E-state index is 3.48. The van der Waals surface area contributed by atoms with E-state index in [2.05, 4.69) is 39.4 Å². The lowest BCUT2D eigenvalue weighted by Crippen LogP contribution is -2.13. The molecule has 1 nitrogen and oxygen atoms in total. The Kier molecular flexibility index (Phi) is 2.73. The minimum atomic E-state index is 1.01. The first-order valence-corrected chi connectivity index (χ1v) is 5.76. The Labute approximate surface area is 85.1 Å². The van der Waals surface area contributed by atoms with Crippen LogP contribution in [0.5, 0.6) is 0 Å². The minimum absolute atomic E-state index is 1.01. The summed E-state index contributed by atoms with van der Waals surface area (Å²) in [6, 6.07) is 6.49. The summed E-state index contributed by atoms with van der Waals surface area (Å²) >= 11 is 5.41. The normalized spacial score (nSPS) is 16.8. The van der Waals surface area contributed by atoms with E-state index in [4.69, 9.17) is 0 Å². The monoisotopic (exact) mass is 243 g/mol. The largest absolute Gasteiger partial charge is 0.312 e. The van der Waals surface area contributed by atoms with Gasteiger partial charge in [0.15, 0.2) is 0 Å². The first-order valence-electron chi connectivity index (χ1n) is 3.98. The van der Waals surface area contributed by atoms with E-state index in [1.54, 1.807) is 0 Å². The van der Waals surface area contributed by atoms with Gasteiger partial charge < -0.3 is 5.32 Å². The van der Waals surface area contributed by atoms with Gasteiger partial charge in [-0.2, -0.15) is 0 Å². The van der Waals surface area contributed by atoms with Crippen LogP contribution in [0.15, 0.2) is 27.6 Å². The molecule has 0 saturated heterocycles. The van der Waals surface area contributed by atoms with Crippen LogP contribution in [-0.2, 0) is 6.54 Å². The van der Waals surface area contributed by atoms with Gasteiger partial charge in [0.2, 0.25) is 0 Å². The van der Waals surface area contributed by atoms with Crippen molar-refractivity contribution in [3.63, 3.8) is 0 Å². The third-order valence-corrected chi connectivity index (χ3v) is 3.47. The van der Waals surface area contributed by atoms with E-state index in [9.17, 15) is 0 Å². The van der Waals surface area contributed by atoms with Crippen molar-refractivity contribution >= 4 is 27.7 Å². The molecule has 2 rings (SSSR count). The summed E-state index contributed by atoms with van der Waals surface area (Å²) in [5, 5.41) is 3.39. The molecule has 0 spiro atoms. The van der Waals surface area contributed by atoms with E-state index in [0.29, 0.717) is 0 Å². The molecular formula is C9H10BrNS. The standard InChI is InChI=1S/C9H10BrNS/c10-8-2-1-7-6-11-3-4-12-9(7)5-8/h1-2,5,11H,3-4,6H2. The second-order valence-electron chi connectivity index (χ2n) is 2.78. The predicted octanol–water partition coefficient (Wildman–Crippen LogP) is 2.64. The van der Waals surface area contributed by atoms with Gasteiger partial charge >= 0.3 is 0 Å². The Balaban J connectivity index is 2.36. The fraction of sp³-hybridized carbons (Fsp3) is 0.333. The van der Waals surface area contributed by atoms with E-state index in [1.165, 1.54) is 20.7 Å². The molecule has 1 heterocycles. The SMILES string of the molecule is Brc1ccc2c(c1)SCCNC2. The van der Waals surface area contributed by atoms with Crippen molar-refractivity contribution in [1.29, 1.82) is 0 Å². The minimum Gasteiger partial charge on any atom is -0.312 e. The van der Waals surface area contributed by atoms with Gasteiger partial charge in [0.1, 0.15) is 0 Å². The van der Waals surface area contributed by atoms with Gasteiger partial charge in [-0.05, 0) is 17.7 Å². The molecule has 1 N–H and O–H groups in total. The highest BCUT2D eigenvalue weighted by molar-refractivity contribution is 9.10. The fourth-order valence-electron chi connectivity index (χ4n) is 1.27. The summed E-state index contributed by atoms with van der Waals surface area (Å²) in [4.78, 5) is 1.41. The third kappa shape index (κ3) is 1.84. The number of benzene rings is 1. The Morgan fingerprint density at radius 1 is 1.42 bits per heavy atom. The van der Waals surface area contributed by atoms with Crippen molar-refractivity contribution in [2.75, 3.05) is 12.3 Å². The van der Waals surface area contributed by atoms with Gasteiger partial charge in [-0.1, -0.05) is 22.0 Å². The third-order valence-electron chi connectivity index (χ3n) is 1.88. The van der Waals surface area contributed by atoms with Gasteiger partial charge in [0, 0.05) is 28.2 Å². The zero-order valence-corrected chi connectivity index (χ0v) is 9.04. The zero-order chi connectivity index (χ0) is 8.39. The predicted molar refractivity (Wildman–Crippen MR) is 56.6 cm³/mol. The van der Waals surface area contributed by atoms with Crippen molar-refractivity contribution in [2.45, 2.75) is 11.4 Å². The number of fused-ring (bicyclic) bond motifs is 1. The van der Waals surface area contributed by atoms with Crippen LogP contribution in [0.4, 0.5) is 0 Å². The van der Waals surface area contributed by atoms with Crippen LogP contribution in [0.2, 0.25) is 0 Å². The molecule has 0 radical (unpaired) electrons. The van der Waals surface area contributed by atoms with Crippen LogP contribution >= 0.6 is 27.7 Å². The molecule has 1 aliphatic rings.